The molecule has 1 saturated carbocycles. The highest BCUT2D eigenvalue weighted by atomic mass is 32.2. The van der Waals surface area contributed by atoms with Gasteiger partial charge in [-0.2, -0.15) is 4.31 Å². The first-order valence-electron chi connectivity index (χ1n) is 12.2. The van der Waals surface area contributed by atoms with Crippen LogP contribution in [0.25, 0.3) is 0 Å². The zero-order chi connectivity index (χ0) is 24.3. The van der Waals surface area contributed by atoms with Crippen LogP contribution in [0, 0.1) is 0 Å². The van der Waals surface area contributed by atoms with Crippen LogP contribution in [0.15, 0.2) is 39.8 Å². The zero-order valence-corrected chi connectivity index (χ0v) is 21.1. The fourth-order valence-corrected chi connectivity index (χ4v) is 7.17. The quantitative estimate of drug-likeness (QED) is 0.644. The Morgan fingerprint density at radius 2 is 1.71 bits per heavy atom. The van der Waals surface area contributed by atoms with E-state index in [9.17, 15) is 13.2 Å². The summed E-state index contributed by atoms with van der Waals surface area (Å²) in [5, 5.41) is 7.00. The minimum absolute atomic E-state index is 0.0687. The minimum Gasteiger partial charge on any atom is -0.360 e. The second-order valence-electron chi connectivity index (χ2n) is 10.7. The third-order valence-corrected chi connectivity index (χ3v) is 10.0. The number of benzene rings is 1. The van der Waals surface area contributed by atoms with Crippen LogP contribution in [0.2, 0.25) is 0 Å². The van der Waals surface area contributed by atoms with Gasteiger partial charge in [0.05, 0.1) is 4.90 Å². The second kappa shape index (κ2) is 8.46. The molecule has 2 aliphatic heterocycles. The van der Waals surface area contributed by atoms with Gasteiger partial charge >= 0.3 is 0 Å². The SMILES string of the molecule is CN(C)C(C)(C)c1ccc(S(=O)(=O)N2[C@@H]3CC[C@H]2CC(NC(=O)c2cc(C4CC4)on2)C3)cc1. The molecule has 1 aromatic carbocycles. The summed E-state index contributed by atoms with van der Waals surface area (Å²) in [5.74, 6) is 0.947. The Morgan fingerprint density at radius 3 is 2.26 bits per heavy atom. The summed E-state index contributed by atoms with van der Waals surface area (Å²) >= 11 is 0. The molecule has 3 aliphatic rings. The second-order valence-corrected chi connectivity index (χ2v) is 12.6. The summed E-state index contributed by atoms with van der Waals surface area (Å²) in [6, 6.07) is 8.74. The number of nitrogens with one attached hydrogen (secondary N) is 1. The monoisotopic (exact) mass is 486 g/mol. The molecule has 184 valence electrons. The first-order valence-corrected chi connectivity index (χ1v) is 13.6. The summed E-state index contributed by atoms with van der Waals surface area (Å²) in [6.45, 7) is 4.23. The minimum atomic E-state index is -3.60. The first kappa shape index (κ1) is 23.5. The Balaban J connectivity index is 1.27. The molecule has 0 radical (unpaired) electrons. The van der Waals surface area contributed by atoms with Gasteiger partial charge in [-0.15, -0.1) is 0 Å². The van der Waals surface area contributed by atoms with E-state index in [0.717, 1.165) is 37.0 Å². The van der Waals surface area contributed by atoms with Crippen molar-refractivity contribution in [3.05, 3.63) is 47.3 Å². The van der Waals surface area contributed by atoms with E-state index >= 15 is 0 Å². The van der Waals surface area contributed by atoms with Crippen LogP contribution >= 0.6 is 0 Å². The van der Waals surface area contributed by atoms with E-state index in [1.807, 2.05) is 26.2 Å². The predicted molar refractivity (Wildman–Crippen MR) is 128 cm³/mol. The summed E-state index contributed by atoms with van der Waals surface area (Å²) in [7, 11) is 0.424. The molecule has 3 atom stereocenters. The van der Waals surface area contributed by atoms with E-state index in [-0.39, 0.29) is 29.6 Å². The fraction of sp³-hybridized carbons (Fsp3) is 0.600. The van der Waals surface area contributed by atoms with Crippen molar-refractivity contribution >= 4 is 15.9 Å². The molecule has 2 bridgehead atoms. The van der Waals surface area contributed by atoms with Gasteiger partial charge in [0.2, 0.25) is 10.0 Å². The van der Waals surface area contributed by atoms with Gasteiger partial charge in [0.1, 0.15) is 5.76 Å². The third-order valence-electron chi connectivity index (χ3n) is 8.00. The summed E-state index contributed by atoms with van der Waals surface area (Å²) < 4.78 is 34.1. The molecule has 5 rings (SSSR count). The largest absolute Gasteiger partial charge is 0.360 e. The van der Waals surface area contributed by atoms with Crippen LogP contribution in [0.4, 0.5) is 0 Å². The van der Waals surface area contributed by atoms with Crippen molar-refractivity contribution in [2.24, 2.45) is 0 Å². The van der Waals surface area contributed by atoms with E-state index in [0.29, 0.717) is 29.3 Å². The number of hydrogen-bond acceptors (Lipinski definition) is 6. The standard InChI is InChI=1S/C25H34N4O4S/c1-25(2,28(3)4)17-7-11-21(12-8-17)34(31,32)29-19-9-10-20(29)14-18(13-19)26-24(30)22-15-23(33-27-22)16-5-6-16/h7-8,11-12,15-16,18-20H,5-6,9-10,13-14H2,1-4H3,(H,26,30)/t18?,19-,20+. The maximum Gasteiger partial charge on any atom is 0.273 e. The topological polar surface area (TPSA) is 95.8 Å². The molecule has 9 heteroatoms. The van der Waals surface area contributed by atoms with E-state index in [1.54, 1.807) is 22.5 Å². The average molecular weight is 487 g/mol. The number of carbonyl (C=O) groups is 1. The number of sulfonamides is 1. The van der Waals surface area contributed by atoms with Crippen LogP contribution in [0.5, 0.6) is 0 Å². The van der Waals surface area contributed by atoms with Gasteiger partial charge in [0.25, 0.3) is 5.91 Å². The summed E-state index contributed by atoms with van der Waals surface area (Å²) in [6.07, 6.45) is 5.03. The molecular weight excluding hydrogens is 452 g/mol. The highest BCUT2D eigenvalue weighted by Gasteiger charge is 2.47. The Bertz CT molecular complexity index is 1150. The summed E-state index contributed by atoms with van der Waals surface area (Å²) in [4.78, 5) is 15.1. The highest BCUT2D eigenvalue weighted by molar-refractivity contribution is 7.89. The van der Waals surface area contributed by atoms with Crippen LogP contribution in [0.1, 0.15) is 80.1 Å². The molecule has 1 N–H and O–H groups in total. The van der Waals surface area contributed by atoms with Gasteiger partial charge in [-0.05, 0) is 84.2 Å². The maximum atomic E-state index is 13.6. The number of piperidine rings is 1. The number of nitrogens with zero attached hydrogens (tertiary/aromatic N) is 3. The molecule has 1 aromatic heterocycles. The molecular formula is C25H34N4O4S. The third kappa shape index (κ3) is 4.18. The van der Waals surface area contributed by atoms with Gasteiger partial charge in [-0.25, -0.2) is 8.42 Å². The smallest absolute Gasteiger partial charge is 0.273 e. The number of amides is 1. The van der Waals surface area contributed by atoms with Crippen molar-refractivity contribution < 1.29 is 17.7 Å². The normalized spacial score (nSPS) is 25.6. The molecule has 34 heavy (non-hydrogen) atoms. The molecule has 1 unspecified atom stereocenters. The van der Waals surface area contributed by atoms with Gasteiger partial charge < -0.3 is 14.7 Å². The van der Waals surface area contributed by atoms with Crippen molar-refractivity contribution in [3.8, 4) is 0 Å². The molecule has 1 aliphatic carbocycles. The lowest BCUT2D eigenvalue weighted by molar-refractivity contribution is 0.0900. The predicted octanol–water partition coefficient (Wildman–Crippen LogP) is 3.46. The Morgan fingerprint density at radius 1 is 1.09 bits per heavy atom. The maximum absolute atomic E-state index is 13.6. The van der Waals surface area contributed by atoms with E-state index in [4.69, 9.17) is 4.52 Å². The molecule has 8 nitrogen and oxygen atoms in total. The van der Waals surface area contributed by atoms with E-state index in [1.165, 1.54) is 0 Å². The number of hydrogen-bond donors (Lipinski definition) is 1. The molecule has 2 saturated heterocycles. The van der Waals surface area contributed by atoms with Crippen molar-refractivity contribution in [1.82, 2.24) is 19.7 Å². The lowest BCUT2D eigenvalue weighted by Crippen LogP contribution is -2.52. The molecule has 3 fully saturated rings. The number of aromatic nitrogens is 1. The van der Waals surface area contributed by atoms with E-state index in [2.05, 4.69) is 29.2 Å². The van der Waals surface area contributed by atoms with Crippen LogP contribution in [-0.2, 0) is 15.6 Å². The van der Waals surface area contributed by atoms with Crippen molar-refractivity contribution in [1.29, 1.82) is 0 Å². The van der Waals surface area contributed by atoms with Crippen LogP contribution in [-0.4, -0.2) is 60.9 Å². The Kier molecular flexibility index (Phi) is 5.85. The lowest BCUT2D eigenvalue weighted by atomic mass is 9.93. The number of rotatable bonds is 7. The number of carbonyl (C=O) groups excluding carboxylic acids is 1. The van der Waals surface area contributed by atoms with Crippen LogP contribution in [0.3, 0.4) is 0 Å². The van der Waals surface area contributed by atoms with Crippen LogP contribution < -0.4 is 5.32 Å². The van der Waals surface area contributed by atoms with Gasteiger partial charge in [0, 0.05) is 35.6 Å². The zero-order valence-electron chi connectivity index (χ0n) is 20.3. The summed E-state index contributed by atoms with van der Waals surface area (Å²) in [5.41, 5.74) is 1.18. The Hall–Kier alpha value is -2.23. The van der Waals surface area contributed by atoms with E-state index < -0.39 is 10.0 Å². The lowest BCUT2D eigenvalue weighted by Gasteiger charge is -2.38. The van der Waals surface area contributed by atoms with Crippen molar-refractivity contribution in [2.75, 3.05) is 14.1 Å². The molecule has 0 spiro atoms. The van der Waals surface area contributed by atoms with Crippen molar-refractivity contribution in [2.45, 2.75) is 86.9 Å². The first-order chi connectivity index (χ1) is 16.1. The average Bonchev–Trinajstić information content (AvgIpc) is 3.45. The number of fused-ring (bicyclic) bond motifs is 2. The highest BCUT2D eigenvalue weighted by Crippen LogP contribution is 2.41. The molecule has 3 heterocycles. The van der Waals surface area contributed by atoms with Gasteiger partial charge in [-0.1, -0.05) is 17.3 Å². The fourth-order valence-electron chi connectivity index (χ4n) is 5.27. The Labute approximate surface area is 201 Å². The molecule has 1 amide bonds. The molecule has 2 aromatic rings. The van der Waals surface area contributed by atoms with Gasteiger partial charge in [-0.3, -0.25) is 4.79 Å². The van der Waals surface area contributed by atoms with Gasteiger partial charge in [0.15, 0.2) is 5.69 Å². The van der Waals surface area contributed by atoms with Crippen molar-refractivity contribution in [3.63, 3.8) is 0 Å².